The van der Waals surface area contributed by atoms with Crippen molar-refractivity contribution in [2.24, 2.45) is 0 Å². The Labute approximate surface area is 201 Å². The number of nitriles is 1. The van der Waals surface area contributed by atoms with E-state index in [0.717, 1.165) is 16.3 Å². The normalized spacial score (nSPS) is 11.1. The van der Waals surface area contributed by atoms with Crippen molar-refractivity contribution in [2.45, 2.75) is 6.61 Å². The van der Waals surface area contributed by atoms with Crippen LogP contribution in [0.4, 0.5) is 5.69 Å². The van der Waals surface area contributed by atoms with Crippen LogP contribution in [0.1, 0.15) is 11.1 Å². The average molecular weight is 473 g/mol. The van der Waals surface area contributed by atoms with Crippen molar-refractivity contribution >= 4 is 51.6 Å². The fourth-order valence-electron chi connectivity index (χ4n) is 3.38. The van der Waals surface area contributed by atoms with Gasteiger partial charge in [0.1, 0.15) is 24.0 Å². The number of nitrogens with zero attached hydrogens (tertiary/aromatic N) is 1. The molecule has 0 aromatic heterocycles. The number of anilines is 1. The second-order valence-corrected chi connectivity index (χ2v) is 8.03. The summed E-state index contributed by atoms with van der Waals surface area (Å²) >= 11 is 11.9. The predicted molar refractivity (Wildman–Crippen MR) is 133 cm³/mol. The number of carbonyl (C=O) groups is 1. The third kappa shape index (κ3) is 5.35. The van der Waals surface area contributed by atoms with Crippen molar-refractivity contribution in [3.05, 3.63) is 112 Å². The molecular weight excluding hydrogens is 455 g/mol. The lowest BCUT2D eigenvalue weighted by molar-refractivity contribution is -0.112. The number of amides is 1. The molecule has 0 saturated heterocycles. The molecule has 0 unspecified atom stereocenters. The van der Waals surface area contributed by atoms with E-state index >= 15 is 0 Å². The Kier molecular flexibility index (Phi) is 6.95. The van der Waals surface area contributed by atoms with Crippen LogP contribution in [0, 0.1) is 11.3 Å². The molecule has 6 heteroatoms. The van der Waals surface area contributed by atoms with Crippen molar-refractivity contribution in [3.63, 3.8) is 0 Å². The molecule has 0 radical (unpaired) electrons. The van der Waals surface area contributed by atoms with Gasteiger partial charge >= 0.3 is 0 Å². The molecule has 4 nitrogen and oxygen atoms in total. The summed E-state index contributed by atoms with van der Waals surface area (Å²) in [5.41, 5.74) is 2.04. The smallest absolute Gasteiger partial charge is 0.266 e. The molecule has 0 saturated carbocycles. The molecule has 0 bridgehead atoms. The largest absolute Gasteiger partial charge is 0.488 e. The monoisotopic (exact) mass is 472 g/mol. The highest BCUT2D eigenvalue weighted by Crippen LogP contribution is 2.27. The number of fused-ring (bicyclic) bond motifs is 1. The fraction of sp³-hybridized carbons (Fsp3) is 0.0370. The van der Waals surface area contributed by atoms with Gasteiger partial charge in [-0.1, -0.05) is 83.9 Å². The van der Waals surface area contributed by atoms with Gasteiger partial charge in [-0.3, -0.25) is 4.79 Å². The first-order chi connectivity index (χ1) is 16.0. The number of para-hydroxylation sites is 1. The average Bonchev–Trinajstić information content (AvgIpc) is 2.84. The summed E-state index contributed by atoms with van der Waals surface area (Å²) in [4.78, 5) is 12.7. The summed E-state index contributed by atoms with van der Waals surface area (Å²) in [5, 5.41) is 15.2. The Morgan fingerprint density at radius 2 is 1.70 bits per heavy atom. The Balaban J connectivity index is 1.55. The lowest BCUT2D eigenvalue weighted by atomic mass is 10.1. The second kappa shape index (κ2) is 10.2. The van der Waals surface area contributed by atoms with Gasteiger partial charge in [0.15, 0.2) is 0 Å². The summed E-state index contributed by atoms with van der Waals surface area (Å²) in [6, 6.07) is 28.1. The molecule has 4 aromatic rings. The maximum absolute atomic E-state index is 12.7. The van der Waals surface area contributed by atoms with Crippen LogP contribution < -0.4 is 10.1 Å². The summed E-state index contributed by atoms with van der Waals surface area (Å²) in [7, 11) is 0. The van der Waals surface area contributed by atoms with Gasteiger partial charge in [-0.2, -0.15) is 5.26 Å². The molecule has 33 heavy (non-hydrogen) atoms. The molecule has 1 amide bonds. The van der Waals surface area contributed by atoms with Gasteiger partial charge in [0, 0.05) is 11.3 Å². The molecule has 0 spiro atoms. The Hall–Kier alpha value is -3.78. The van der Waals surface area contributed by atoms with Crippen molar-refractivity contribution in [1.29, 1.82) is 5.26 Å². The third-order valence-electron chi connectivity index (χ3n) is 5.02. The van der Waals surface area contributed by atoms with Gasteiger partial charge in [0.2, 0.25) is 0 Å². The van der Waals surface area contributed by atoms with Crippen LogP contribution in [-0.2, 0) is 11.4 Å². The highest BCUT2D eigenvalue weighted by molar-refractivity contribution is 6.42. The van der Waals surface area contributed by atoms with Gasteiger partial charge in [0.25, 0.3) is 5.91 Å². The Bertz CT molecular complexity index is 1400. The van der Waals surface area contributed by atoms with Gasteiger partial charge in [-0.25, -0.2) is 0 Å². The minimum absolute atomic E-state index is 0.0673. The first-order valence-corrected chi connectivity index (χ1v) is 10.9. The zero-order valence-corrected chi connectivity index (χ0v) is 18.9. The number of ether oxygens (including phenoxy) is 1. The van der Waals surface area contributed by atoms with E-state index in [1.807, 2.05) is 48.5 Å². The first kappa shape index (κ1) is 22.4. The highest BCUT2D eigenvalue weighted by atomic mass is 35.5. The number of halogens is 2. The van der Waals surface area contributed by atoms with Gasteiger partial charge in [-0.15, -0.1) is 0 Å². The topological polar surface area (TPSA) is 62.1 Å². The van der Waals surface area contributed by atoms with E-state index < -0.39 is 5.91 Å². The lowest BCUT2D eigenvalue weighted by Gasteiger charge is -2.12. The molecule has 0 atom stereocenters. The first-order valence-electron chi connectivity index (χ1n) is 10.1. The van der Waals surface area contributed by atoms with E-state index in [0.29, 0.717) is 33.7 Å². The van der Waals surface area contributed by atoms with Crippen molar-refractivity contribution in [3.8, 4) is 11.8 Å². The zero-order chi connectivity index (χ0) is 23.2. The van der Waals surface area contributed by atoms with E-state index in [1.165, 1.54) is 12.1 Å². The predicted octanol–water partition coefficient (Wildman–Crippen LogP) is 7.27. The molecule has 0 aliphatic carbocycles. The zero-order valence-electron chi connectivity index (χ0n) is 17.4. The van der Waals surface area contributed by atoms with Crippen molar-refractivity contribution in [1.82, 2.24) is 0 Å². The number of rotatable bonds is 6. The van der Waals surface area contributed by atoms with Gasteiger partial charge < -0.3 is 10.1 Å². The van der Waals surface area contributed by atoms with Crippen LogP contribution >= 0.6 is 23.2 Å². The summed E-state index contributed by atoms with van der Waals surface area (Å²) < 4.78 is 6.09. The second-order valence-electron chi connectivity index (χ2n) is 7.22. The Morgan fingerprint density at radius 1 is 0.939 bits per heavy atom. The van der Waals surface area contributed by atoms with Crippen molar-refractivity contribution < 1.29 is 9.53 Å². The minimum Gasteiger partial charge on any atom is -0.488 e. The van der Waals surface area contributed by atoms with Crippen LogP contribution in [0.2, 0.25) is 10.0 Å². The van der Waals surface area contributed by atoms with Crippen LogP contribution in [-0.4, -0.2) is 5.91 Å². The minimum atomic E-state index is -0.556. The van der Waals surface area contributed by atoms with Crippen molar-refractivity contribution in [2.75, 3.05) is 5.32 Å². The number of hydrogen-bond donors (Lipinski definition) is 1. The third-order valence-corrected chi connectivity index (χ3v) is 5.76. The van der Waals surface area contributed by atoms with E-state index in [4.69, 9.17) is 27.9 Å². The summed E-state index contributed by atoms with van der Waals surface area (Å²) in [6.45, 7) is 0.351. The molecule has 0 aliphatic heterocycles. The van der Waals surface area contributed by atoms with Gasteiger partial charge in [0.05, 0.1) is 10.0 Å². The van der Waals surface area contributed by atoms with Gasteiger partial charge in [-0.05, 0) is 46.7 Å². The quantitative estimate of drug-likeness (QED) is 0.237. The van der Waals surface area contributed by atoms with Crippen LogP contribution in [0.25, 0.3) is 16.8 Å². The molecule has 1 N–H and O–H groups in total. The maximum Gasteiger partial charge on any atom is 0.266 e. The van der Waals surface area contributed by atoms with E-state index in [2.05, 4.69) is 23.5 Å². The van der Waals surface area contributed by atoms with E-state index in [1.54, 1.807) is 18.2 Å². The fourth-order valence-corrected chi connectivity index (χ4v) is 3.68. The maximum atomic E-state index is 12.7. The summed E-state index contributed by atoms with van der Waals surface area (Å²) in [6.07, 6.45) is 1.51. The highest BCUT2D eigenvalue weighted by Gasteiger charge is 2.12. The molecule has 0 aliphatic rings. The van der Waals surface area contributed by atoms with E-state index in [-0.39, 0.29) is 5.57 Å². The van der Waals surface area contributed by atoms with Crippen LogP contribution in [0.3, 0.4) is 0 Å². The van der Waals surface area contributed by atoms with E-state index in [9.17, 15) is 10.1 Å². The Morgan fingerprint density at radius 3 is 2.52 bits per heavy atom. The SMILES string of the molecule is N#CC(=Cc1ccccc1OCc1cccc2ccccc12)C(=O)Nc1ccc(Cl)c(Cl)c1. The number of nitrogens with one attached hydrogen (secondary N) is 1. The number of benzene rings is 4. The molecular formula is C27H18Cl2N2O2. The molecule has 0 fully saturated rings. The van der Waals surface area contributed by atoms with Crippen LogP contribution in [0.15, 0.2) is 90.5 Å². The number of carbonyl (C=O) groups excluding carboxylic acids is 1. The molecule has 4 rings (SSSR count). The summed E-state index contributed by atoms with van der Waals surface area (Å²) in [5.74, 6) is 0.0141. The molecule has 162 valence electrons. The molecule has 4 aromatic carbocycles. The van der Waals surface area contributed by atoms with Crippen LogP contribution in [0.5, 0.6) is 5.75 Å². The standard InChI is InChI=1S/C27H18Cl2N2O2/c28-24-13-12-22(15-25(24)29)31-27(32)21(16-30)14-19-7-2-4-11-26(19)33-17-20-9-5-8-18-6-1-3-10-23(18)20/h1-15H,17H2,(H,31,32). The lowest BCUT2D eigenvalue weighted by Crippen LogP contribution is -2.13. The molecule has 0 heterocycles. The number of hydrogen-bond acceptors (Lipinski definition) is 3.